The number of nitrogen functional groups attached to an aromatic ring is 1. The number of carbonyl (C=O) groups excluding carboxylic acids is 4. The van der Waals surface area contributed by atoms with Gasteiger partial charge in [0.1, 0.15) is 18.0 Å². The number of rotatable bonds is 12. The first kappa shape index (κ1) is 33.7. The lowest BCUT2D eigenvalue weighted by Gasteiger charge is -2.46. The average molecular weight is 686 g/mol. The van der Waals surface area contributed by atoms with Crippen molar-refractivity contribution in [3.05, 3.63) is 90.0 Å². The minimum absolute atomic E-state index is 0.0787. The summed E-state index contributed by atoms with van der Waals surface area (Å²) in [4.78, 5) is 61.2. The number of aromatic nitrogens is 1. The number of esters is 1. The highest BCUT2D eigenvalue weighted by Gasteiger charge is 2.52. The molecule has 2 atom stereocenters. The van der Waals surface area contributed by atoms with Crippen LogP contribution in [0.3, 0.4) is 0 Å². The van der Waals surface area contributed by atoms with Gasteiger partial charge in [-0.1, -0.05) is 59.9 Å². The van der Waals surface area contributed by atoms with Gasteiger partial charge in [0.15, 0.2) is 11.7 Å². The molecule has 0 saturated carbocycles. The molecule has 256 valence electrons. The highest BCUT2D eigenvalue weighted by Crippen LogP contribution is 2.32. The second-order valence-electron chi connectivity index (χ2n) is 11.9. The van der Waals surface area contributed by atoms with Crippen LogP contribution in [0.5, 0.6) is 5.75 Å². The predicted octanol–water partition coefficient (Wildman–Crippen LogP) is 3.24. The van der Waals surface area contributed by atoms with Gasteiger partial charge in [-0.25, -0.2) is 14.6 Å². The molecule has 2 aromatic carbocycles. The Labute approximate surface area is 288 Å². The van der Waals surface area contributed by atoms with Gasteiger partial charge in [-0.15, -0.1) is 6.58 Å². The Morgan fingerprint density at radius 2 is 2.00 bits per heavy atom. The van der Waals surface area contributed by atoms with Crippen molar-refractivity contribution >= 4 is 50.5 Å². The number of anilines is 1. The minimum atomic E-state index is -0.844. The number of nitrogens with one attached hydrogen (secondary N) is 1. The topological polar surface area (TPSA) is 151 Å². The number of methoxy groups -OCH3 is 1. The molecule has 13 nitrogen and oxygen atoms in total. The van der Waals surface area contributed by atoms with Crippen molar-refractivity contribution in [2.24, 2.45) is 0 Å². The average Bonchev–Trinajstić information content (AvgIpc) is 3.66. The summed E-state index contributed by atoms with van der Waals surface area (Å²) >= 11 is 1.38. The summed E-state index contributed by atoms with van der Waals surface area (Å²) in [5.74, 6) is -0.505. The number of hydrazine groups is 1. The Balaban J connectivity index is 1.28. The number of urea groups is 1. The first-order chi connectivity index (χ1) is 23.7. The number of para-hydroxylation sites is 1. The molecule has 6 rings (SSSR count). The van der Waals surface area contributed by atoms with Gasteiger partial charge in [-0.05, 0) is 47.7 Å². The van der Waals surface area contributed by atoms with Gasteiger partial charge >= 0.3 is 12.0 Å². The minimum Gasteiger partial charge on any atom is -0.482 e. The normalized spacial score (nSPS) is 19.1. The zero-order chi connectivity index (χ0) is 34.5. The third-order valence-corrected chi connectivity index (χ3v) is 9.60. The maximum atomic E-state index is 14.3. The van der Waals surface area contributed by atoms with E-state index >= 15 is 0 Å². The van der Waals surface area contributed by atoms with Crippen molar-refractivity contribution in [2.75, 3.05) is 45.6 Å². The number of nitrogens with zero attached hydrogens (tertiary/aromatic N) is 5. The molecule has 2 aliphatic heterocycles. The molecule has 0 bridgehead atoms. The Morgan fingerprint density at radius 1 is 1.18 bits per heavy atom. The molecule has 1 aliphatic carbocycles. The zero-order valence-corrected chi connectivity index (χ0v) is 28.1. The molecule has 4 amide bonds. The monoisotopic (exact) mass is 685 g/mol. The van der Waals surface area contributed by atoms with E-state index in [1.807, 2.05) is 24.3 Å². The fourth-order valence-electron chi connectivity index (χ4n) is 6.39. The number of hydrogen-bond donors (Lipinski definition) is 2. The Bertz CT molecular complexity index is 1810. The van der Waals surface area contributed by atoms with E-state index in [0.717, 1.165) is 39.8 Å². The van der Waals surface area contributed by atoms with Crippen LogP contribution < -0.4 is 15.8 Å². The fraction of sp³-hybridized carbons (Fsp3) is 0.343. The quantitative estimate of drug-likeness (QED) is 0.216. The van der Waals surface area contributed by atoms with E-state index in [1.54, 1.807) is 45.2 Å². The Hall–Kier alpha value is -5.21. The van der Waals surface area contributed by atoms with Crippen LogP contribution in [0, 0.1) is 0 Å². The summed E-state index contributed by atoms with van der Waals surface area (Å²) in [5, 5.41) is 6.67. The van der Waals surface area contributed by atoms with Crippen LogP contribution in [0.25, 0.3) is 10.2 Å². The number of thiazole rings is 1. The highest BCUT2D eigenvalue weighted by molar-refractivity contribution is 7.22. The van der Waals surface area contributed by atoms with Gasteiger partial charge in [0, 0.05) is 19.5 Å². The number of benzene rings is 2. The van der Waals surface area contributed by atoms with Gasteiger partial charge in [-0.3, -0.25) is 14.6 Å². The van der Waals surface area contributed by atoms with Crippen molar-refractivity contribution in [2.45, 2.75) is 38.0 Å². The number of hydrogen-bond acceptors (Lipinski definition) is 10. The Kier molecular flexibility index (Phi) is 10.3. The lowest BCUT2D eigenvalue weighted by molar-refractivity contribution is -0.157. The van der Waals surface area contributed by atoms with Crippen LogP contribution in [-0.4, -0.2) is 101 Å². The van der Waals surface area contributed by atoms with E-state index in [-0.39, 0.29) is 57.1 Å². The van der Waals surface area contributed by atoms with Gasteiger partial charge < -0.3 is 30.3 Å². The summed E-state index contributed by atoms with van der Waals surface area (Å²) in [7, 11) is 1.29. The first-order valence-electron chi connectivity index (χ1n) is 16.1. The van der Waals surface area contributed by atoms with Crippen molar-refractivity contribution < 1.29 is 28.7 Å². The third-order valence-electron chi connectivity index (χ3n) is 8.75. The lowest BCUT2D eigenvalue weighted by Crippen LogP contribution is -2.66. The molecule has 3 aromatic rings. The molecule has 3 N–H and O–H groups in total. The van der Waals surface area contributed by atoms with Gasteiger partial charge in [-0.2, -0.15) is 5.01 Å². The smallest absolute Gasteiger partial charge is 0.343 e. The second kappa shape index (κ2) is 14.9. The molecular weight excluding hydrogens is 646 g/mol. The van der Waals surface area contributed by atoms with Crippen LogP contribution in [-0.2, 0) is 32.1 Å². The van der Waals surface area contributed by atoms with Crippen molar-refractivity contribution in [1.29, 1.82) is 0 Å². The van der Waals surface area contributed by atoms with E-state index in [0.29, 0.717) is 17.4 Å². The molecule has 0 unspecified atom stereocenters. The summed E-state index contributed by atoms with van der Waals surface area (Å²) in [6.07, 6.45) is 9.31. The maximum Gasteiger partial charge on any atom is 0.343 e. The highest BCUT2D eigenvalue weighted by atomic mass is 32.1. The fourth-order valence-corrected chi connectivity index (χ4v) is 7.17. The standard InChI is InChI=1S/C35H39N7O6S/c1-3-16-40(35(46)37-18-24-8-5-4-6-9-24)41-21-30(43)42-27(17-23-12-14-26(15-13-23)48-22-31(44)47-2)33(45)39(20-29(41)42)19-25-10-7-11-28-32(25)38-34(36)49-28/h3,5,7-15,27,29H,1,4,6,16-22H2,2H3,(H2,36,38)(H,37,46)/t27-,29+/m0/s1. The molecule has 0 spiro atoms. The summed E-state index contributed by atoms with van der Waals surface area (Å²) in [6.45, 7) is 4.49. The van der Waals surface area contributed by atoms with Crippen LogP contribution in [0.4, 0.5) is 9.93 Å². The number of amides is 4. The van der Waals surface area contributed by atoms with Crippen LogP contribution in [0.1, 0.15) is 24.0 Å². The molecule has 2 fully saturated rings. The van der Waals surface area contributed by atoms with Gasteiger partial charge in [0.25, 0.3) is 0 Å². The van der Waals surface area contributed by atoms with E-state index in [2.05, 4.69) is 33.8 Å². The van der Waals surface area contributed by atoms with E-state index < -0.39 is 18.2 Å². The Morgan fingerprint density at radius 3 is 2.73 bits per heavy atom. The van der Waals surface area contributed by atoms with Crippen LogP contribution in [0.2, 0.25) is 0 Å². The number of piperazine rings is 1. The van der Waals surface area contributed by atoms with Gasteiger partial charge in [0.05, 0.1) is 37.0 Å². The number of ether oxygens (including phenoxy) is 2. The summed E-state index contributed by atoms with van der Waals surface area (Å²) in [6, 6.07) is 11.6. The predicted molar refractivity (Wildman–Crippen MR) is 185 cm³/mol. The lowest BCUT2D eigenvalue weighted by atomic mass is 9.99. The van der Waals surface area contributed by atoms with E-state index in [1.165, 1.54) is 23.5 Å². The van der Waals surface area contributed by atoms with Crippen LogP contribution in [0.15, 0.2) is 78.9 Å². The summed E-state index contributed by atoms with van der Waals surface area (Å²) < 4.78 is 11.0. The second-order valence-corrected chi connectivity index (χ2v) is 13.0. The van der Waals surface area contributed by atoms with Crippen molar-refractivity contribution in [3.8, 4) is 5.75 Å². The third kappa shape index (κ3) is 7.44. The zero-order valence-electron chi connectivity index (χ0n) is 27.2. The molecule has 3 heterocycles. The molecule has 14 heteroatoms. The van der Waals surface area contributed by atoms with E-state index in [9.17, 15) is 19.2 Å². The number of fused-ring (bicyclic) bond motifs is 2. The summed E-state index contributed by atoms with van der Waals surface area (Å²) in [5.41, 5.74) is 9.41. The molecule has 2 saturated heterocycles. The molecule has 0 radical (unpaired) electrons. The van der Waals surface area contributed by atoms with Crippen molar-refractivity contribution in [3.63, 3.8) is 0 Å². The number of nitrogens with two attached hydrogens (primary N) is 1. The van der Waals surface area contributed by atoms with E-state index in [4.69, 9.17) is 10.5 Å². The SMILES string of the molecule is C=CCN(C(=O)NCC1=CCCC=C1)N1CC(=O)N2[C@@H](Cc3ccc(OCC(=O)OC)cc3)C(=O)N(Cc3cccc4sc(N)nc34)C[C@@H]21. The number of allylic oxidation sites excluding steroid dienone is 2. The molecule has 49 heavy (non-hydrogen) atoms. The molecular formula is C35H39N7O6S. The largest absolute Gasteiger partial charge is 0.482 e. The first-order valence-corrected chi connectivity index (χ1v) is 16.9. The van der Waals surface area contributed by atoms with Crippen LogP contribution >= 0.6 is 11.3 Å². The number of carbonyl (C=O) groups is 4. The molecule has 3 aliphatic rings. The maximum absolute atomic E-state index is 14.3. The molecule has 1 aromatic heterocycles. The van der Waals surface area contributed by atoms with Crippen molar-refractivity contribution in [1.82, 2.24) is 30.1 Å². The van der Waals surface area contributed by atoms with Gasteiger partial charge in [0.2, 0.25) is 11.8 Å².